The van der Waals surface area contributed by atoms with E-state index >= 15 is 0 Å². The van der Waals surface area contributed by atoms with E-state index in [1.165, 1.54) is 0 Å². The fraction of sp³-hybridized carbons (Fsp3) is 0.929. The lowest BCUT2D eigenvalue weighted by atomic mass is 9.82. The van der Waals surface area contributed by atoms with Gasteiger partial charge in [0.25, 0.3) is 0 Å². The average Bonchev–Trinajstić information content (AvgIpc) is 2.66. The minimum Gasteiger partial charge on any atom is -0.462 e. The molecule has 1 saturated heterocycles. The van der Waals surface area contributed by atoms with Gasteiger partial charge in [0.2, 0.25) is 0 Å². The first-order valence-electron chi connectivity index (χ1n) is 6.92. The summed E-state index contributed by atoms with van der Waals surface area (Å²) in [4.78, 5) is 12.3. The van der Waals surface area contributed by atoms with Gasteiger partial charge in [0.05, 0.1) is 11.5 Å². The van der Waals surface area contributed by atoms with Gasteiger partial charge >= 0.3 is 5.97 Å². The van der Waals surface area contributed by atoms with E-state index in [9.17, 15) is 4.79 Å². The fourth-order valence-corrected chi connectivity index (χ4v) is 2.73. The summed E-state index contributed by atoms with van der Waals surface area (Å²) >= 11 is 0. The van der Waals surface area contributed by atoms with Gasteiger partial charge in [-0.05, 0) is 38.6 Å². The van der Waals surface area contributed by atoms with Gasteiger partial charge in [-0.3, -0.25) is 4.79 Å². The quantitative estimate of drug-likeness (QED) is 0.727. The summed E-state index contributed by atoms with van der Waals surface area (Å²) in [6.07, 6.45) is 3.88. The summed E-state index contributed by atoms with van der Waals surface area (Å²) in [6, 6.07) is 0. The van der Waals surface area contributed by atoms with Gasteiger partial charge in [-0.25, -0.2) is 0 Å². The van der Waals surface area contributed by atoms with Crippen molar-refractivity contribution < 1.29 is 9.53 Å². The lowest BCUT2D eigenvalue weighted by molar-refractivity contribution is -0.160. The van der Waals surface area contributed by atoms with E-state index in [0.29, 0.717) is 5.92 Å². The minimum atomic E-state index is -0.250. The summed E-state index contributed by atoms with van der Waals surface area (Å²) < 4.78 is 5.62. The van der Waals surface area contributed by atoms with Crippen LogP contribution in [-0.4, -0.2) is 25.2 Å². The summed E-state index contributed by atoms with van der Waals surface area (Å²) in [5.41, 5.74) is -0.250. The predicted octanol–water partition coefficient (Wildman–Crippen LogP) is 2.74. The van der Waals surface area contributed by atoms with Crippen molar-refractivity contribution in [2.24, 2.45) is 11.3 Å². The number of hydrogen-bond donors (Lipinski definition) is 1. The second kappa shape index (κ2) is 6.39. The first-order chi connectivity index (χ1) is 8.00. The van der Waals surface area contributed by atoms with Gasteiger partial charge in [-0.1, -0.05) is 27.2 Å². The van der Waals surface area contributed by atoms with E-state index in [1.54, 1.807) is 0 Å². The van der Waals surface area contributed by atoms with Crippen molar-refractivity contribution in [2.75, 3.05) is 13.1 Å². The monoisotopic (exact) mass is 241 g/mol. The van der Waals surface area contributed by atoms with Crippen LogP contribution in [0.2, 0.25) is 0 Å². The molecule has 3 heteroatoms. The molecule has 1 fully saturated rings. The number of hydrogen-bond acceptors (Lipinski definition) is 3. The highest BCUT2D eigenvalue weighted by Crippen LogP contribution is 2.33. The third kappa shape index (κ3) is 3.98. The molecule has 0 aromatic heterocycles. The average molecular weight is 241 g/mol. The van der Waals surface area contributed by atoms with Gasteiger partial charge in [0.1, 0.15) is 0 Å². The molecule has 1 heterocycles. The molecule has 0 amide bonds. The Morgan fingerprint density at radius 1 is 1.41 bits per heavy atom. The number of carbonyl (C=O) groups is 1. The molecule has 1 rings (SSSR count). The molecule has 0 aromatic rings. The molecular weight excluding hydrogens is 214 g/mol. The summed E-state index contributed by atoms with van der Waals surface area (Å²) in [5, 5.41) is 3.29. The van der Waals surface area contributed by atoms with Crippen LogP contribution < -0.4 is 5.32 Å². The smallest absolute Gasteiger partial charge is 0.313 e. The highest BCUT2D eigenvalue weighted by Gasteiger charge is 2.42. The zero-order valence-corrected chi connectivity index (χ0v) is 11.7. The number of ether oxygens (including phenoxy) is 1. The van der Waals surface area contributed by atoms with Crippen LogP contribution in [0.15, 0.2) is 0 Å². The number of rotatable bonds is 6. The zero-order chi connectivity index (χ0) is 12.9. The van der Waals surface area contributed by atoms with Crippen LogP contribution in [0, 0.1) is 11.3 Å². The van der Waals surface area contributed by atoms with Gasteiger partial charge in [0, 0.05) is 6.54 Å². The minimum absolute atomic E-state index is 0.0116. The fourth-order valence-electron chi connectivity index (χ4n) is 2.73. The van der Waals surface area contributed by atoms with Gasteiger partial charge in [-0.15, -0.1) is 0 Å². The maximum absolute atomic E-state index is 12.3. The Morgan fingerprint density at radius 2 is 2.12 bits per heavy atom. The maximum atomic E-state index is 12.3. The van der Waals surface area contributed by atoms with E-state index in [4.69, 9.17) is 4.74 Å². The molecule has 17 heavy (non-hydrogen) atoms. The van der Waals surface area contributed by atoms with Crippen molar-refractivity contribution in [2.45, 2.75) is 59.5 Å². The molecule has 3 nitrogen and oxygen atoms in total. The number of nitrogens with one attached hydrogen (secondary N) is 1. The second-order valence-corrected chi connectivity index (χ2v) is 5.80. The van der Waals surface area contributed by atoms with Crippen molar-refractivity contribution in [1.82, 2.24) is 5.32 Å². The predicted molar refractivity (Wildman–Crippen MR) is 69.8 cm³/mol. The SMILES string of the molecule is CCCC1(C(=O)OC(C)CC(C)C)CCNC1. The van der Waals surface area contributed by atoms with Crippen LogP contribution >= 0.6 is 0 Å². The van der Waals surface area contributed by atoms with Gasteiger partial charge in [-0.2, -0.15) is 0 Å². The molecule has 1 aliphatic heterocycles. The lowest BCUT2D eigenvalue weighted by Crippen LogP contribution is -2.37. The Kier molecular flexibility index (Phi) is 5.44. The van der Waals surface area contributed by atoms with Crippen molar-refractivity contribution in [1.29, 1.82) is 0 Å². The molecule has 0 saturated carbocycles. The van der Waals surface area contributed by atoms with Crippen molar-refractivity contribution in [3.05, 3.63) is 0 Å². The van der Waals surface area contributed by atoms with Crippen molar-refractivity contribution in [3.8, 4) is 0 Å². The standard InChI is InChI=1S/C14H27NO2/c1-5-6-14(7-8-15-10-14)13(16)17-12(4)9-11(2)3/h11-12,15H,5-10H2,1-4H3. The third-order valence-corrected chi connectivity index (χ3v) is 3.52. The van der Waals surface area contributed by atoms with Gasteiger partial charge < -0.3 is 10.1 Å². The summed E-state index contributed by atoms with van der Waals surface area (Å²) in [5.74, 6) is 0.583. The molecule has 2 atom stereocenters. The topological polar surface area (TPSA) is 38.3 Å². The molecule has 0 radical (unpaired) electrons. The molecule has 2 unspecified atom stereocenters. The second-order valence-electron chi connectivity index (χ2n) is 5.80. The van der Waals surface area contributed by atoms with E-state index < -0.39 is 0 Å². The molecule has 1 aliphatic rings. The largest absolute Gasteiger partial charge is 0.462 e. The number of carbonyl (C=O) groups excluding carboxylic acids is 1. The van der Waals surface area contributed by atoms with E-state index in [1.807, 2.05) is 6.92 Å². The highest BCUT2D eigenvalue weighted by atomic mass is 16.5. The molecular formula is C14H27NO2. The van der Waals surface area contributed by atoms with Crippen molar-refractivity contribution >= 4 is 5.97 Å². The molecule has 0 aromatic carbocycles. The van der Waals surface area contributed by atoms with Crippen molar-refractivity contribution in [3.63, 3.8) is 0 Å². The number of esters is 1. The van der Waals surface area contributed by atoms with Gasteiger partial charge in [0.15, 0.2) is 0 Å². The normalized spacial score (nSPS) is 26.2. The highest BCUT2D eigenvalue weighted by molar-refractivity contribution is 5.77. The maximum Gasteiger partial charge on any atom is 0.313 e. The third-order valence-electron chi connectivity index (χ3n) is 3.52. The molecule has 0 aliphatic carbocycles. The van der Waals surface area contributed by atoms with Crippen LogP contribution in [0.4, 0.5) is 0 Å². The van der Waals surface area contributed by atoms with E-state index in [0.717, 1.165) is 38.8 Å². The Bertz CT molecular complexity index is 245. The summed E-state index contributed by atoms with van der Waals surface area (Å²) in [6.45, 7) is 10.2. The van der Waals surface area contributed by atoms with Crippen LogP contribution in [0.5, 0.6) is 0 Å². The van der Waals surface area contributed by atoms with Crippen LogP contribution in [0.1, 0.15) is 53.4 Å². The molecule has 1 N–H and O–H groups in total. The van der Waals surface area contributed by atoms with Crippen LogP contribution in [0.3, 0.4) is 0 Å². The van der Waals surface area contributed by atoms with E-state index in [2.05, 4.69) is 26.1 Å². The Balaban J connectivity index is 2.54. The van der Waals surface area contributed by atoms with Crippen LogP contribution in [-0.2, 0) is 9.53 Å². The van der Waals surface area contributed by atoms with E-state index in [-0.39, 0.29) is 17.5 Å². The summed E-state index contributed by atoms with van der Waals surface area (Å²) in [7, 11) is 0. The zero-order valence-electron chi connectivity index (χ0n) is 11.7. The Hall–Kier alpha value is -0.570. The Morgan fingerprint density at radius 3 is 2.59 bits per heavy atom. The molecule has 0 bridgehead atoms. The Labute approximate surface area is 105 Å². The molecule has 100 valence electrons. The lowest BCUT2D eigenvalue weighted by Gasteiger charge is -2.27. The molecule has 0 spiro atoms. The first kappa shape index (κ1) is 14.5. The van der Waals surface area contributed by atoms with Crippen LogP contribution in [0.25, 0.3) is 0 Å². The first-order valence-corrected chi connectivity index (χ1v) is 6.92.